The maximum absolute atomic E-state index is 4.54. The molecule has 1 aliphatic heterocycles. The van der Waals surface area contributed by atoms with Crippen molar-refractivity contribution in [3.05, 3.63) is 35.9 Å². The summed E-state index contributed by atoms with van der Waals surface area (Å²) >= 11 is 0. The van der Waals surface area contributed by atoms with Gasteiger partial charge in [0.15, 0.2) is 0 Å². The molecule has 1 unspecified atom stereocenters. The molecular formula is C15H23N5. The first-order chi connectivity index (χ1) is 9.58. The summed E-state index contributed by atoms with van der Waals surface area (Å²) in [6.45, 7) is 2.86. The molecule has 108 valence electrons. The highest BCUT2D eigenvalue weighted by atomic mass is 15.4. The lowest BCUT2D eigenvalue weighted by molar-refractivity contribution is 0.491. The summed E-state index contributed by atoms with van der Waals surface area (Å²) in [6, 6.07) is 10.5. The van der Waals surface area contributed by atoms with Crippen LogP contribution in [0, 0.1) is 0 Å². The van der Waals surface area contributed by atoms with Crippen molar-refractivity contribution in [3.63, 3.8) is 0 Å². The number of guanidine groups is 2. The average Bonchev–Trinajstić information content (AvgIpc) is 2.43. The van der Waals surface area contributed by atoms with Crippen LogP contribution in [0.2, 0.25) is 0 Å². The molecule has 5 nitrogen and oxygen atoms in total. The highest BCUT2D eigenvalue weighted by Crippen LogP contribution is 2.06. The molecule has 1 aromatic rings. The van der Waals surface area contributed by atoms with Gasteiger partial charge in [-0.3, -0.25) is 4.90 Å². The van der Waals surface area contributed by atoms with E-state index in [4.69, 9.17) is 0 Å². The second kappa shape index (κ2) is 6.41. The van der Waals surface area contributed by atoms with Crippen molar-refractivity contribution in [1.29, 1.82) is 0 Å². The maximum Gasteiger partial charge on any atom is 0.204 e. The molecule has 1 aromatic carbocycles. The van der Waals surface area contributed by atoms with Gasteiger partial charge in [0.2, 0.25) is 11.9 Å². The molecule has 0 spiro atoms. The molecule has 1 N–H and O–H groups in total. The number of nitrogens with zero attached hydrogens (tertiary/aromatic N) is 4. The first-order valence-corrected chi connectivity index (χ1v) is 6.92. The van der Waals surface area contributed by atoms with Crippen LogP contribution in [0.3, 0.4) is 0 Å². The highest BCUT2D eigenvalue weighted by Gasteiger charge is 2.20. The van der Waals surface area contributed by atoms with E-state index in [0.717, 1.165) is 24.9 Å². The monoisotopic (exact) mass is 273 g/mol. The van der Waals surface area contributed by atoms with Crippen molar-refractivity contribution in [2.24, 2.45) is 9.98 Å². The van der Waals surface area contributed by atoms with Crippen LogP contribution in [0.25, 0.3) is 0 Å². The number of benzene rings is 1. The fraction of sp³-hybridized carbons (Fsp3) is 0.467. The Morgan fingerprint density at radius 3 is 2.55 bits per heavy atom. The van der Waals surface area contributed by atoms with Crippen molar-refractivity contribution < 1.29 is 0 Å². The van der Waals surface area contributed by atoms with Gasteiger partial charge in [-0.25, -0.2) is 9.98 Å². The quantitative estimate of drug-likeness (QED) is 0.905. The van der Waals surface area contributed by atoms with E-state index >= 15 is 0 Å². The Bertz CT molecular complexity index is 492. The van der Waals surface area contributed by atoms with Gasteiger partial charge in [-0.05, 0) is 18.9 Å². The summed E-state index contributed by atoms with van der Waals surface area (Å²) in [5.74, 6) is 1.81. The lowest BCUT2D eigenvalue weighted by Gasteiger charge is -2.32. The molecule has 1 atom stereocenters. The van der Waals surface area contributed by atoms with E-state index in [1.165, 1.54) is 5.56 Å². The van der Waals surface area contributed by atoms with Gasteiger partial charge in [0.05, 0.1) is 0 Å². The van der Waals surface area contributed by atoms with Crippen LogP contribution in [-0.2, 0) is 6.42 Å². The number of hydrogen-bond acceptors (Lipinski definition) is 5. The number of rotatable bonds is 3. The lowest BCUT2D eigenvalue weighted by atomic mass is 10.1. The van der Waals surface area contributed by atoms with Crippen molar-refractivity contribution in [1.82, 2.24) is 15.1 Å². The van der Waals surface area contributed by atoms with Gasteiger partial charge in [0, 0.05) is 27.7 Å². The minimum atomic E-state index is -0.0391. The molecule has 20 heavy (non-hydrogen) atoms. The zero-order valence-corrected chi connectivity index (χ0v) is 12.7. The number of nitrogens with one attached hydrogen (secondary N) is 1. The predicted octanol–water partition coefficient (Wildman–Crippen LogP) is 1.38. The zero-order chi connectivity index (χ0) is 14.5. The second-order valence-electron chi connectivity index (χ2n) is 5.13. The van der Waals surface area contributed by atoms with Gasteiger partial charge in [-0.1, -0.05) is 30.3 Å². The lowest BCUT2D eigenvalue weighted by Crippen LogP contribution is -2.50. The van der Waals surface area contributed by atoms with E-state index in [1.54, 1.807) is 0 Å². The summed E-state index contributed by atoms with van der Waals surface area (Å²) in [6.07, 6.45) is 0.944. The Balaban J connectivity index is 1.92. The van der Waals surface area contributed by atoms with Crippen molar-refractivity contribution in [3.8, 4) is 0 Å². The largest absolute Gasteiger partial charge is 0.355 e. The van der Waals surface area contributed by atoms with Gasteiger partial charge in [-0.15, -0.1) is 0 Å². The van der Waals surface area contributed by atoms with Crippen LogP contribution in [-0.4, -0.2) is 55.6 Å². The van der Waals surface area contributed by atoms with Crippen LogP contribution in [0.1, 0.15) is 12.5 Å². The number of aliphatic imine (C=N–C) groups is 2. The second-order valence-corrected chi connectivity index (χ2v) is 5.13. The van der Waals surface area contributed by atoms with E-state index in [0.29, 0.717) is 0 Å². The van der Waals surface area contributed by atoms with Crippen molar-refractivity contribution in [2.75, 3.05) is 27.7 Å². The van der Waals surface area contributed by atoms with Crippen LogP contribution in [0.4, 0.5) is 0 Å². The maximum atomic E-state index is 4.54. The van der Waals surface area contributed by atoms with Crippen molar-refractivity contribution >= 4 is 11.9 Å². The zero-order valence-electron chi connectivity index (χ0n) is 12.7. The van der Waals surface area contributed by atoms with Gasteiger partial charge >= 0.3 is 0 Å². The minimum Gasteiger partial charge on any atom is -0.355 e. The van der Waals surface area contributed by atoms with Gasteiger partial charge < -0.3 is 10.2 Å². The topological polar surface area (TPSA) is 43.2 Å². The third-order valence-corrected chi connectivity index (χ3v) is 3.17. The van der Waals surface area contributed by atoms with E-state index in [-0.39, 0.29) is 6.17 Å². The Labute approximate surface area is 121 Å². The average molecular weight is 273 g/mol. The third-order valence-electron chi connectivity index (χ3n) is 3.17. The van der Waals surface area contributed by atoms with E-state index < -0.39 is 0 Å². The Morgan fingerprint density at radius 1 is 1.20 bits per heavy atom. The van der Waals surface area contributed by atoms with Crippen molar-refractivity contribution in [2.45, 2.75) is 19.5 Å². The molecule has 1 aliphatic rings. The summed E-state index contributed by atoms with van der Waals surface area (Å²) in [5.41, 5.74) is 1.33. The summed E-state index contributed by atoms with van der Waals surface area (Å²) in [5, 5.41) is 3.40. The molecule has 5 heteroatoms. The molecule has 0 fully saturated rings. The molecule has 2 rings (SSSR count). The van der Waals surface area contributed by atoms with Gasteiger partial charge in [0.1, 0.15) is 6.17 Å². The first-order valence-electron chi connectivity index (χ1n) is 6.92. The fourth-order valence-corrected chi connectivity index (χ4v) is 2.18. The first kappa shape index (κ1) is 14.4. The molecular weight excluding hydrogens is 250 g/mol. The highest BCUT2D eigenvalue weighted by molar-refractivity contribution is 5.99. The Kier molecular flexibility index (Phi) is 4.61. The van der Waals surface area contributed by atoms with Crippen LogP contribution in [0.15, 0.2) is 40.3 Å². The third kappa shape index (κ3) is 3.50. The van der Waals surface area contributed by atoms with Crippen LogP contribution < -0.4 is 5.32 Å². The summed E-state index contributed by atoms with van der Waals surface area (Å²) < 4.78 is 0. The smallest absolute Gasteiger partial charge is 0.204 e. The fourth-order valence-electron chi connectivity index (χ4n) is 2.18. The predicted molar refractivity (Wildman–Crippen MR) is 83.9 cm³/mol. The number of hydrogen-bond donors (Lipinski definition) is 1. The van der Waals surface area contributed by atoms with Gasteiger partial charge in [-0.2, -0.15) is 0 Å². The molecule has 0 saturated heterocycles. The molecule has 0 radical (unpaired) electrons. The minimum absolute atomic E-state index is 0.0391. The molecule has 1 heterocycles. The SMILES string of the molecule is CC1N=C(NCCc2ccccc2)N(C)C(N(C)C)=N1. The Hall–Kier alpha value is -2.04. The Morgan fingerprint density at radius 2 is 1.90 bits per heavy atom. The van der Waals surface area contributed by atoms with E-state index in [2.05, 4.69) is 39.6 Å². The molecule has 0 aliphatic carbocycles. The molecule has 0 aromatic heterocycles. The van der Waals surface area contributed by atoms with Crippen LogP contribution in [0.5, 0.6) is 0 Å². The normalized spacial score (nSPS) is 18.4. The van der Waals surface area contributed by atoms with E-state index in [9.17, 15) is 0 Å². The standard InChI is InChI=1S/C15H23N5/c1-12-17-14(20(4)15(18-12)19(2)3)16-11-10-13-8-6-5-7-9-13/h5-9,12H,10-11H2,1-4H3,(H,16,17). The van der Waals surface area contributed by atoms with Gasteiger partial charge in [0.25, 0.3) is 0 Å². The summed E-state index contributed by atoms with van der Waals surface area (Å²) in [7, 11) is 5.98. The van der Waals surface area contributed by atoms with E-state index in [1.807, 2.05) is 43.9 Å². The van der Waals surface area contributed by atoms with Crippen LogP contribution >= 0.6 is 0 Å². The molecule has 0 saturated carbocycles. The summed E-state index contributed by atoms with van der Waals surface area (Å²) in [4.78, 5) is 13.1. The molecule has 0 amide bonds. The molecule has 0 bridgehead atoms.